The summed E-state index contributed by atoms with van der Waals surface area (Å²) >= 11 is 1.75. The number of primary amides is 1. The highest BCUT2D eigenvalue weighted by atomic mass is 32.2. The van der Waals surface area contributed by atoms with E-state index in [4.69, 9.17) is 5.73 Å². The second-order valence-electron chi connectivity index (χ2n) is 4.64. The van der Waals surface area contributed by atoms with E-state index in [-0.39, 0.29) is 5.91 Å². The van der Waals surface area contributed by atoms with Crippen LogP contribution in [-0.2, 0) is 4.79 Å². The van der Waals surface area contributed by atoms with E-state index in [2.05, 4.69) is 36.5 Å². The molecule has 0 saturated carbocycles. The monoisotopic (exact) mass is 266 g/mol. The van der Waals surface area contributed by atoms with Gasteiger partial charge in [0.2, 0.25) is 5.91 Å². The highest BCUT2D eigenvalue weighted by Crippen LogP contribution is 2.22. The average molecular weight is 266 g/mol. The largest absolute Gasteiger partial charge is 0.368 e. The van der Waals surface area contributed by atoms with Crippen LogP contribution < -0.4 is 11.1 Å². The Balaban J connectivity index is 2.48. The highest BCUT2D eigenvalue weighted by molar-refractivity contribution is 7.99. The van der Waals surface area contributed by atoms with Gasteiger partial charge in [-0.05, 0) is 38.9 Å². The summed E-state index contributed by atoms with van der Waals surface area (Å²) in [4.78, 5) is 12.7. The van der Waals surface area contributed by atoms with Crippen molar-refractivity contribution in [3.63, 3.8) is 0 Å². The van der Waals surface area contributed by atoms with Gasteiger partial charge in [0.15, 0.2) is 0 Å². The number of benzene rings is 1. The molecule has 100 valence electrons. The number of hydrogen-bond donors (Lipinski definition) is 2. The fraction of sp³-hybridized carbons (Fsp3) is 0.500. The number of thioether (sulfide) groups is 1. The SMILES string of the molecule is CCNC(C)(CCSc1ccc(C)cc1)C(N)=O. The van der Waals surface area contributed by atoms with Gasteiger partial charge in [0.1, 0.15) is 0 Å². The van der Waals surface area contributed by atoms with E-state index in [1.54, 1.807) is 11.8 Å². The summed E-state index contributed by atoms with van der Waals surface area (Å²) in [5, 5.41) is 3.17. The van der Waals surface area contributed by atoms with Crippen LogP contribution in [0.4, 0.5) is 0 Å². The minimum absolute atomic E-state index is 0.283. The molecule has 1 rings (SSSR count). The molecule has 0 aliphatic rings. The van der Waals surface area contributed by atoms with Gasteiger partial charge in [-0.2, -0.15) is 0 Å². The normalized spacial score (nSPS) is 14.2. The van der Waals surface area contributed by atoms with Gasteiger partial charge in [-0.1, -0.05) is 24.6 Å². The number of carbonyl (C=O) groups is 1. The first kappa shape index (κ1) is 15.1. The second kappa shape index (κ2) is 6.81. The molecule has 1 unspecified atom stereocenters. The molecule has 0 spiro atoms. The molecular weight excluding hydrogens is 244 g/mol. The first-order valence-electron chi connectivity index (χ1n) is 6.22. The zero-order valence-electron chi connectivity index (χ0n) is 11.3. The number of aryl methyl sites for hydroxylation is 1. The number of amides is 1. The van der Waals surface area contributed by atoms with Crippen molar-refractivity contribution in [1.29, 1.82) is 0 Å². The average Bonchev–Trinajstić information content (AvgIpc) is 2.32. The second-order valence-corrected chi connectivity index (χ2v) is 5.81. The molecule has 0 fully saturated rings. The quantitative estimate of drug-likeness (QED) is 0.745. The van der Waals surface area contributed by atoms with Gasteiger partial charge in [0.25, 0.3) is 0 Å². The Kier molecular flexibility index (Phi) is 5.69. The minimum Gasteiger partial charge on any atom is -0.368 e. The third kappa shape index (κ3) is 4.35. The number of nitrogens with one attached hydrogen (secondary N) is 1. The van der Waals surface area contributed by atoms with Crippen LogP contribution in [0.3, 0.4) is 0 Å². The lowest BCUT2D eigenvalue weighted by Crippen LogP contribution is -2.53. The van der Waals surface area contributed by atoms with Gasteiger partial charge < -0.3 is 11.1 Å². The third-order valence-corrected chi connectivity index (χ3v) is 4.02. The molecule has 4 heteroatoms. The zero-order valence-corrected chi connectivity index (χ0v) is 12.1. The smallest absolute Gasteiger partial charge is 0.237 e. The minimum atomic E-state index is -0.605. The summed E-state index contributed by atoms with van der Waals surface area (Å²) in [5.74, 6) is 0.587. The zero-order chi connectivity index (χ0) is 13.6. The van der Waals surface area contributed by atoms with E-state index < -0.39 is 5.54 Å². The molecule has 3 N–H and O–H groups in total. The molecule has 0 radical (unpaired) electrons. The Bertz CT molecular complexity index is 391. The van der Waals surface area contributed by atoms with Gasteiger partial charge in [0.05, 0.1) is 5.54 Å². The van der Waals surface area contributed by atoms with E-state index in [0.717, 1.165) is 18.7 Å². The molecule has 1 aromatic rings. The number of likely N-dealkylation sites (N-methyl/N-ethyl adjacent to an activating group) is 1. The maximum absolute atomic E-state index is 11.4. The van der Waals surface area contributed by atoms with E-state index in [1.807, 2.05) is 13.8 Å². The van der Waals surface area contributed by atoms with Crippen LogP contribution in [0.1, 0.15) is 25.8 Å². The fourth-order valence-electron chi connectivity index (χ4n) is 1.70. The van der Waals surface area contributed by atoms with Crippen molar-refractivity contribution < 1.29 is 4.79 Å². The van der Waals surface area contributed by atoms with E-state index in [0.29, 0.717) is 0 Å². The van der Waals surface area contributed by atoms with E-state index in [9.17, 15) is 4.79 Å². The molecule has 0 aliphatic carbocycles. The lowest BCUT2D eigenvalue weighted by atomic mass is 9.98. The predicted molar refractivity (Wildman–Crippen MR) is 77.8 cm³/mol. The van der Waals surface area contributed by atoms with E-state index >= 15 is 0 Å². The lowest BCUT2D eigenvalue weighted by Gasteiger charge is -2.26. The molecule has 1 atom stereocenters. The van der Waals surface area contributed by atoms with Gasteiger partial charge in [-0.15, -0.1) is 11.8 Å². The molecule has 3 nitrogen and oxygen atoms in total. The van der Waals surface area contributed by atoms with Crippen molar-refractivity contribution in [2.45, 2.75) is 37.6 Å². The van der Waals surface area contributed by atoms with Gasteiger partial charge in [0, 0.05) is 10.6 Å². The molecule has 1 aromatic carbocycles. The van der Waals surface area contributed by atoms with Crippen molar-refractivity contribution in [2.24, 2.45) is 5.73 Å². The number of rotatable bonds is 7. The molecule has 1 amide bonds. The van der Waals surface area contributed by atoms with E-state index in [1.165, 1.54) is 10.5 Å². The molecule has 18 heavy (non-hydrogen) atoms. The molecule has 0 bridgehead atoms. The van der Waals surface area contributed by atoms with Crippen LogP contribution in [0.5, 0.6) is 0 Å². The van der Waals surface area contributed by atoms with Crippen LogP contribution in [-0.4, -0.2) is 23.7 Å². The highest BCUT2D eigenvalue weighted by Gasteiger charge is 2.29. The predicted octanol–water partition coefficient (Wildman–Crippen LogP) is 2.33. The molecule has 0 aromatic heterocycles. The van der Waals surface area contributed by atoms with Crippen LogP contribution in [0.25, 0.3) is 0 Å². The Labute approximate surface area is 114 Å². The Morgan fingerprint density at radius 3 is 2.50 bits per heavy atom. The summed E-state index contributed by atoms with van der Waals surface area (Å²) in [6.45, 7) is 6.67. The molecule has 0 heterocycles. The lowest BCUT2D eigenvalue weighted by molar-refractivity contribution is -0.123. The van der Waals surface area contributed by atoms with Crippen LogP contribution in [0.15, 0.2) is 29.2 Å². The van der Waals surface area contributed by atoms with Crippen molar-refractivity contribution in [3.8, 4) is 0 Å². The number of hydrogen-bond acceptors (Lipinski definition) is 3. The number of carbonyl (C=O) groups excluding carboxylic acids is 1. The summed E-state index contributed by atoms with van der Waals surface area (Å²) in [6.07, 6.45) is 0.731. The van der Waals surface area contributed by atoms with Crippen molar-refractivity contribution >= 4 is 17.7 Å². The number of nitrogens with two attached hydrogens (primary N) is 1. The summed E-state index contributed by atoms with van der Waals surface area (Å²) in [5.41, 5.74) is 6.10. The fourth-order valence-corrected chi connectivity index (χ4v) is 2.77. The third-order valence-electron chi connectivity index (χ3n) is 3.00. The van der Waals surface area contributed by atoms with Crippen molar-refractivity contribution in [3.05, 3.63) is 29.8 Å². The topological polar surface area (TPSA) is 55.1 Å². The Morgan fingerprint density at radius 2 is 2.00 bits per heavy atom. The molecule has 0 saturated heterocycles. The Morgan fingerprint density at radius 1 is 1.39 bits per heavy atom. The van der Waals surface area contributed by atoms with Gasteiger partial charge in [-0.3, -0.25) is 4.79 Å². The standard InChI is InChI=1S/C14H22N2OS/c1-4-16-14(3,13(15)17)9-10-18-12-7-5-11(2)6-8-12/h5-8,16H,4,9-10H2,1-3H3,(H2,15,17). The van der Waals surface area contributed by atoms with Crippen molar-refractivity contribution in [1.82, 2.24) is 5.32 Å². The first-order valence-corrected chi connectivity index (χ1v) is 7.21. The maximum Gasteiger partial charge on any atom is 0.237 e. The van der Waals surface area contributed by atoms with Crippen LogP contribution in [0.2, 0.25) is 0 Å². The summed E-state index contributed by atoms with van der Waals surface area (Å²) in [7, 11) is 0. The van der Waals surface area contributed by atoms with Crippen LogP contribution >= 0.6 is 11.8 Å². The summed E-state index contributed by atoms with van der Waals surface area (Å²) < 4.78 is 0. The van der Waals surface area contributed by atoms with Crippen LogP contribution in [0, 0.1) is 6.92 Å². The molecular formula is C14H22N2OS. The van der Waals surface area contributed by atoms with Crippen molar-refractivity contribution in [2.75, 3.05) is 12.3 Å². The maximum atomic E-state index is 11.4. The Hall–Kier alpha value is -1.00. The van der Waals surface area contributed by atoms with Gasteiger partial charge in [-0.25, -0.2) is 0 Å². The first-order chi connectivity index (χ1) is 8.48. The molecule has 0 aliphatic heterocycles. The summed E-state index contributed by atoms with van der Waals surface area (Å²) in [6, 6.07) is 8.41. The van der Waals surface area contributed by atoms with Gasteiger partial charge >= 0.3 is 0 Å².